The standard InChI is InChI=1S/C20H22N4O2S/c1-15(16-6-9-19(10-7-16)24-14-21-13-22-24)23-27(25,26)20-11-8-17-4-2-3-5-18(17)12-20/h6-15,23H,2-5H2,1H3/t15-/m0/s1. The Balaban J connectivity index is 1.52. The van der Waals surface area contributed by atoms with Gasteiger partial charge in [-0.2, -0.15) is 5.10 Å². The zero-order chi connectivity index (χ0) is 18.9. The second-order valence-electron chi connectivity index (χ2n) is 6.91. The molecule has 1 atom stereocenters. The predicted molar refractivity (Wildman–Crippen MR) is 103 cm³/mol. The molecule has 0 bridgehead atoms. The van der Waals surface area contributed by atoms with Gasteiger partial charge in [-0.15, -0.1) is 0 Å². The number of sulfonamides is 1. The van der Waals surface area contributed by atoms with E-state index in [2.05, 4.69) is 14.8 Å². The Kier molecular flexibility index (Phi) is 4.80. The summed E-state index contributed by atoms with van der Waals surface area (Å²) in [4.78, 5) is 4.27. The van der Waals surface area contributed by atoms with Crippen molar-refractivity contribution in [1.29, 1.82) is 0 Å². The van der Waals surface area contributed by atoms with Gasteiger partial charge in [-0.05, 0) is 73.6 Å². The SMILES string of the molecule is C[C@H](NS(=O)(=O)c1ccc2c(c1)CCCC2)c1ccc(-n2cncn2)cc1. The Bertz CT molecular complexity index is 1030. The number of hydrogen-bond donors (Lipinski definition) is 1. The first kappa shape index (κ1) is 17.9. The molecule has 0 aliphatic heterocycles. The lowest BCUT2D eigenvalue weighted by molar-refractivity contribution is 0.566. The van der Waals surface area contributed by atoms with E-state index in [1.165, 1.54) is 18.3 Å². The van der Waals surface area contributed by atoms with Crippen LogP contribution in [-0.4, -0.2) is 23.2 Å². The first-order valence-corrected chi connectivity index (χ1v) is 10.6. The van der Waals surface area contributed by atoms with Crippen molar-refractivity contribution in [2.45, 2.75) is 43.5 Å². The molecule has 0 spiro atoms. The lowest BCUT2D eigenvalue weighted by Crippen LogP contribution is -2.27. The number of aryl methyl sites for hydroxylation is 2. The van der Waals surface area contributed by atoms with Gasteiger partial charge in [0.05, 0.1) is 10.6 Å². The van der Waals surface area contributed by atoms with Crippen LogP contribution >= 0.6 is 0 Å². The third kappa shape index (κ3) is 3.79. The summed E-state index contributed by atoms with van der Waals surface area (Å²) in [7, 11) is -3.57. The normalized spacial score (nSPS) is 15.3. The largest absolute Gasteiger partial charge is 0.241 e. The molecule has 3 aromatic rings. The number of aromatic nitrogens is 3. The van der Waals surface area contributed by atoms with Gasteiger partial charge in [0.15, 0.2) is 0 Å². The summed E-state index contributed by atoms with van der Waals surface area (Å²) in [6.45, 7) is 1.85. The summed E-state index contributed by atoms with van der Waals surface area (Å²) < 4.78 is 30.1. The van der Waals surface area contributed by atoms with Crippen molar-refractivity contribution in [2.75, 3.05) is 0 Å². The fourth-order valence-electron chi connectivity index (χ4n) is 3.50. The number of benzene rings is 2. The molecule has 27 heavy (non-hydrogen) atoms. The summed E-state index contributed by atoms with van der Waals surface area (Å²) in [5, 5.41) is 4.09. The molecule has 0 radical (unpaired) electrons. The van der Waals surface area contributed by atoms with Gasteiger partial charge >= 0.3 is 0 Å². The van der Waals surface area contributed by atoms with Gasteiger partial charge in [-0.25, -0.2) is 22.8 Å². The van der Waals surface area contributed by atoms with Crippen molar-refractivity contribution in [3.8, 4) is 5.69 Å². The number of nitrogens with zero attached hydrogens (tertiary/aromatic N) is 3. The Hall–Kier alpha value is -2.51. The van der Waals surface area contributed by atoms with Gasteiger partial charge in [0.25, 0.3) is 0 Å². The predicted octanol–water partition coefficient (Wildman–Crippen LogP) is 3.19. The van der Waals surface area contributed by atoms with E-state index < -0.39 is 10.0 Å². The highest BCUT2D eigenvalue weighted by Crippen LogP contribution is 2.25. The van der Waals surface area contributed by atoms with Crippen LogP contribution in [0.4, 0.5) is 0 Å². The van der Waals surface area contributed by atoms with Crippen LogP contribution in [0.1, 0.15) is 42.5 Å². The average Bonchev–Trinajstić information content (AvgIpc) is 3.22. The lowest BCUT2D eigenvalue weighted by atomic mass is 9.92. The van der Waals surface area contributed by atoms with E-state index in [1.807, 2.05) is 43.3 Å². The zero-order valence-electron chi connectivity index (χ0n) is 15.2. The number of hydrogen-bond acceptors (Lipinski definition) is 4. The van der Waals surface area contributed by atoms with Crippen LogP contribution in [-0.2, 0) is 22.9 Å². The molecule has 0 saturated heterocycles. The molecule has 2 aromatic carbocycles. The molecule has 0 amide bonds. The molecule has 1 aliphatic rings. The maximum Gasteiger partial charge on any atom is 0.241 e. The van der Waals surface area contributed by atoms with Crippen LogP contribution in [0.5, 0.6) is 0 Å². The van der Waals surface area contributed by atoms with Crippen molar-refractivity contribution < 1.29 is 8.42 Å². The van der Waals surface area contributed by atoms with Gasteiger partial charge in [0.2, 0.25) is 10.0 Å². The highest BCUT2D eigenvalue weighted by molar-refractivity contribution is 7.89. The molecule has 0 saturated carbocycles. The van der Waals surface area contributed by atoms with Crippen molar-refractivity contribution >= 4 is 10.0 Å². The van der Waals surface area contributed by atoms with Crippen LogP contribution in [0.15, 0.2) is 60.0 Å². The summed E-state index contributed by atoms with van der Waals surface area (Å²) in [6.07, 6.45) is 7.40. The highest BCUT2D eigenvalue weighted by atomic mass is 32.2. The minimum Gasteiger partial charge on any atom is -0.223 e. The third-order valence-electron chi connectivity index (χ3n) is 5.04. The van der Waals surface area contributed by atoms with Crippen LogP contribution < -0.4 is 4.72 Å². The summed E-state index contributed by atoms with van der Waals surface area (Å²) in [5.41, 5.74) is 4.20. The lowest BCUT2D eigenvalue weighted by Gasteiger charge is -2.18. The molecule has 7 heteroatoms. The van der Waals surface area contributed by atoms with E-state index >= 15 is 0 Å². The van der Waals surface area contributed by atoms with Crippen molar-refractivity contribution in [3.63, 3.8) is 0 Å². The second-order valence-corrected chi connectivity index (χ2v) is 8.63. The zero-order valence-corrected chi connectivity index (χ0v) is 16.0. The molecule has 1 aromatic heterocycles. The molecule has 4 rings (SSSR count). The minimum absolute atomic E-state index is 0.337. The molecular weight excluding hydrogens is 360 g/mol. The van der Waals surface area contributed by atoms with Crippen molar-refractivity contribution in [3.05, 3.63) is 71.8 Å². The van der Waals surface area contributed by atoms with Gasteiger partial charge < -0.3 is 0 Å². The van der Waals surface area contributed by atoms with Crippen LogP contribution in [0.25, 0.3) is 5.69 Å². The topological polar surface area (TPSA) is 76.9 Å². The maximum absolute atomic E-state index is 12.8. The second kappa shape index (κ2) is 7.25. The molecule has 0 fully saturated rings. The Labute approximate surface area is 159 Å². The van der Waals surface area contributed by atoms with Crippen molar-refractivity contribution in [1.82, 2.24) is 19.5 Å². The minimum atomic E-state index is -3.57. The van der Waals surface area contributed by atoms with Gasteiger partial charge in [0, 0.05) is 6.04 Å². The van der Waals surface area contributed by atoms with Crippen LogP contribution in [0.3, 0.4) is 0 Å². The Morgan fingerprint density at radius 2 is 1.78 bits per heavy atom. The van der Waals surface area contributed by atoms with Crippen LogP contribution in [0.2, 0.25) is 0 Å². The van der Waals surface area contributed by atoms with E-state index in [0.717, 1.165) is 36.1 Å². The van der Waals surface area contributed by atoms with E-state index in [0.29, 0.717) is 4.90 Å². The van der Waals surface area contributed by atoms with Gasteiger partial charge in [0.1, 0.15) is 12.7 Å². The molecule has 1 aliphatic carbocycles. The molecule has 1 heterocycles. The molecule has 0 unspecified atom stereocenters. The number of rotatable bonds is 5. The third-order valence-corrected chi connectivity index (χ3v) is 6.58. The van der Waals surface area contributed by atoms with E-state index in [4.69, 9.17) is 0 Å². The fraction of sp³-hybridized carbons (Fsp3) is 0.300. The molecule has 1 N–H and O–H groups in total. The monoisotopic (exact) mass is 382 g/mol. The first-order valence-electron chi connectivity index (χ1n) is 9.12. The van der Waals surface area contributed by atoms with Gasteiger partial charge in [-0.3, -0.25) is 0 Å². The molecule has 140 valence electrons. The molecular formula is C20H22N4O2S. The quantitative estimate of drug-likeness (QED) is 0.735. The molecule has 6 nitrogen and oxygen atoms in total. The summed E-state index contributed by atoms with van der Waals surface area (Å²) in [5.74, 6) is 0. The van der Waals surface area contributed by atoms with Crippen molar-refractivity contribution in [2.24, 2.45) is 0 Å². The highest BCUT2D eigenvalue weighted by Gasteiger charge is 2.20. The Morgan fingerprint density at radius 3 is 2.48 bits per heavy atom. The van der Waals surface area contributed by atoms with Crippen LogP contribution in [0, 0.1) is 0 Å². The van der Waals surface area contributed by atoms with E-state index in [9.17, 15) is 8.42 Å². The smallest absolute Gasteiger partial charge is 0.223 e. The maximum atomic E-state index is 12.8. The number of fused-ring (bicyclic) bond motifs is 1. The Morgan fingerprint density at radius 1 is 1.04 bits per heavy atom. The number of nitrogens with one attached hydrogen (secondary N) is 1. The van der Waals surface area contributed by atoms with Gasteiger partial charge in [-0.1, -0.05) is 18.2 Å². The van der Waals surface area contributed by atoms with E-state index in [-0.39, 0.29) is 6.04 Å². The average molecular weight is 382 g/mol. The van der Waals surface area contributed by atoms with E-state index in [1.54, 1.807) is 17.1 Å². The fourth-order valence-corrected chi connectivity index (χ4v) is 4.79. The first-order chi connectivity index (χ1) is 13.0. The summed E-state index contributed by atoms with van der Waals surface area (Å²) >= 11 is 0. The summed E-state index contributed by atoms with van der Waals surface area (Å²) in [6, 6.07) is 12.8.